The largest absolute Gasteiger partial charge is 0.469 e. The predicted molar refractivity (Wildman–Crippen MR) is 132 cm³/mol. The Hall–Kier alpha value is -2.57. The van der Waals surface area contributed by atoms with Crippen molar-refractivity contribution >= 4 is 22.4 Å². The highest BCUT2D eigenvalue weighted by atomic mass is 32.1. The number of carbonyl (C=O) groups excluding carboxylic acids is 1. The van der Waals surface area contributed by atoms with E-state index in [1.165, 1.54) is 31.6 Å². The first kappa shape index (κ1) is 22.2. The van der Waals surface area contributed by atoms with Gasteiger partial charge >= 0.3 is 6.09 Å². The number of thiophene rings is 1. The minimum Gasteiger partial charge on any atom is -0.469 e. The van der Waals surface area contributed by atoms with Crippen molar-refractivity contribution in [3.63, 3.8) is 0 Å². The van der Waals surface area contributed by atoms with Gasteiger partial charge in [-0.15, -0.1) is 11.3 Å². The summed E-state index contributed by atoms with van der Waals surface area (Å²) in [5.41, 5.74) is 1.41. The lowest BCUT2D eigenvalue weighted by molar-refractivity contribution is -0.946. The van der Waals surface area contributed by atoms with Gasteiger partial charge in [0.05, 0.1) is 25.9 Å². The fraction of sp³-hybridized carbons (Fsp3) is 0.444. The van der Waals surface area contributed by atoms with Crippen molar-refractivity contribution in [2.75, 3.05) is 37.6 Å². The first-order chi connectivity index (χ1) is 16.2. The molecule has 0 saturated carbocycles. The average molecular weight is 466 g/mol. The van der Waals surface area contributed by atoms with Crippen molar-refractivity contribution in [2.24, 2.45) is 5.92 Å². The number of benzene rings is 1. The molecule has 3 aromatic rings. The number of hydrogen-bond acceptors (Lipinski definition) is 4. The molecule has 3 fully saturated rings. The third-order valence-electron chi connectivity index (χ3n) is 7.39. The highest BCUT2D eigenvalue weighted by Crippen LogP contribution is 2.36. The van der Waals surface area contributed by atoms with E-state index in [2.05, 4.69) is 30.3 Å². The Morgan fingerprint density at radius 1 is 1.06 bits per heavy atom. The number of quaternary nitrogens is 1. The molecular weight excluding hydrogens is 432 g/mol. The number of amides is 1. The van der Waals surface area contributed by atoms with Gasteiger partial charge in [0, 0.05) is 38.1 Å². The molecule has 0 spiro atoms. The van der Waals surface area contributed by atoms with Gasteiger partial charge in [0.15, 0.2) is 6.10 Å². The van der Waals surface area contributed by atoms with Crippen LogP contribution in [0.2, 0.25) is 0 Å². The van der Waals surface area contributed by atoms with Crippen LogP contribution < -0.4 is 4.90 Å². The number of rotatable bonds is 9. The van der Waals surface area contributed by atoms with Crippen LogP contribution in [-0.2, 0) is 17.6 Å². The molecule has 174 valence electrons. The molecule has 2 aromatic heterocycles. The quantitative estimate of drug-likeness (QED) is 0.377. The van der Waals surface area contributed by atoms with Crippen LogP contribution in [0, 0.1) is 5.92 Å². The van der Waals surface area contributed by atoms with Crippen molar-refractivity contribution in [1.29, 1.82) is 0 Å². The Kier molecular flexibility index (Phi) is 6.83. The second-order valence-corrected chi connectivity index (χ2v) is 10.4. The van der Waals surface area contributed by atoms with E-state index in [9.17, 15) is 4.79 Å². The van der Waals surface area contributed by atoms with Crippen molar-refractivity contribution in [3.05, 3.63) is 77.6 Å². The maximum Gasteiger partial charge on any atom is 0.415 e. The van der Waals surface area contributed by atoms with E-state index in [1.807, 2.05) is 29.6 Å². The maximum atomic E-state index is 13.3. The van der Waals surface area contributed by atoms with Gasteiger partial charge in [0.25, 0.3) is 0 Å². The summed E-state index contributed by atoms with van der Waals surface area (Å²) in [5, 5.41) is 2.93. The molecule has 0 N–H and O–H groups in total. The van der Waals surface area contributed by atoms with E-state index in [4.69, 9.17) is 9.15 Å². The maximum absolute atomic E-state index is 13.3. The van der Waals surface area contributed by atoms with Gasteiger partial charge in [0.1, 0.15) is 17.3 Å². The summed E-state index contributed by atoms with van der Waals surface area (Å²) < 4.78 is 12.8. The molecule has 1 atom stereocenters. The normalized spacial score (nSPS) is 24.0. The van der Waals surface area contributed by atoms with Crippen molar-refractivity contribution in [2.45, 2.75) is 38.2 Å². The summed E-state index contributed by atoms with van der Waals surface area (Å²) in [6.45, 7) is 5.13. The van der Waals surface area contributed by atoms with Gasteiger partial charge in [-0.25, -0.2) is 4.79 Å². The van der Waals surface area contributed by atoms with Crippen LogP contribution in [0.1, 0.15) is 30.6 Å². The van der Waals surface area contributed by atoms with E-state index in [1.54, 1.807) is 22.5 Å². The highest BCUT2D eigenvalue weighted by Gasteiger charge is 2.47. The summed E-state index contributed by atoms with van der Waals surface area (Å²) in [4.78, 5) is 15.1. The fourth-order valence-electron chi connectivity index (χ4n) is 5.52. The third-order valence-corrected chi connectivity index (χ3v) is 8.28. The summed E-state index contributed by atoms with van der Waals surface area (Å²) in [6, 6.07) is 18.6. The molecular formula is C27H33N2O3S+. The minimum absolute atomic E-state index is 0.0165. The number of ether oxygens (including phenoxy) is 1. The number of anilines is 1. The topological polar surface area (TPSA) is 42.7 Å². The summed E-state index contributed by atoms with van der Waals surface area (Å²) in [5.74, 6) is 1.38. The van der Waals surface area contributed by atoms with E-state index in [-0.39, 0.29) is 12.2 Å². The Morgan fingerprint density at radius 2 is 1.91 bits per heavy atom. The molecule has 3 aliphatic rings. The van der Waals surface area contributed by atoms with E-state index in [0.717, 1.165) is 41.1 Å². The standard InChI is InChI=1S/C27H33N2O3S/c30-27(28(26-11-6-20-33-26)15-12-24-10-5-19-31-24)32-25-21-29(17-13-23(25)14-18-29)16-4-9-22-7-2-1-3-8-22/h1-3,5-8,10-11,19-20,23,25H,4,9,12-18,21H2/q+1/t23?,25-,29?/m0/s1. The summed E-state index contributed by atoms with van der Waals surface area (Å²) >= 11 is 1.57. The number of nitrogens with zero attached hydrogens (tertiary/aromatic N) is 2. The molecule has 5 nitrogen and oxygen atoms in total. The SMILES string of the molecule is O=C(O[C@H]1C[N+]2(CCCc3ccccc3)CCC1CC2)N(CCc1ccco1)c1cccs1. The lowest BCUT2D eigenvalue weighted by atomic mass is 9.83. The number of piperidine rings is 3. The zero-order valence-electron chi connectivity index (χ0n) is 19.1. The fourth-order valence-corrected chi connectivity index (χ4v) is 6.26. The zero-order valence-corrected chi connectivity index (χ0v) is 19.9. The molecule has 3 aliphatic heterocycles. The predicted octanol–water partition coefficient (Wildman–Crippen LogP) is 5.77. The number of aryl methyl sites for hydroxylation is 1. The number of hydrogen-bond donors (Lipinski definition) is 0. The highest BCUT2D eigenvalue weighted by molar-refractivity contribution is 7.14. The zero-order chi connectivity index (χ0) is 22.5. The molecule has 3 saturated heterocycles. The summed E-state index contributed by atoms with van der Waals surface area (Å²) in [7, 11) is 0. The molecule has 0 unspecified atom stereocenters. The molecule has 0 aliphatic carbocycles. The smallest absolute Gasteiger partial charge is 0.415 e. The molecule has 6 heteroatoms. The lowest BCUT2D eigenvalue weighted by Crippen LogP contribution is -2.65. The van der Waals surface area contributed by atoms with Crippen molar-refractivity contribution in [3.8, 4) is 0 Å². The van der Waals surface area contributed by atoms with Gasteiger partial charge in [-0.05, 0) is 41.6 Å². The van der Waals surface area contributed by atoms with Gasteiger partial charge < -0.3 is 13.6 Å². The lowest BCUT2D eigenvalue weighted by Gasteiger charge is -2.52. The Labute approximate surface area is 200 Å². The number of furan rings is 1. The van der Waals surface area contributed by atoms with Crippen LogP contribution in [0.25, 0.3) is 0 Å². The number of carbonyl (C=O) groups is 1. The molecule has 6 rings (SSSR count). The number of fused-ring (bicyclic) bond motifs is 3. The van der Waals surface area contributed by atoms with E-state index < -0.39 is 0 Å². The first-order valence-corrected chi connectivity index (χ1v) is 13.0. The van der Waals surface area contributed by atoms with Crippen LogP contribution >= 0.6 is 11.3 Å². The Bertz CT molecular complexity index is 995. The molecule has 1 amide bonds. The molecule has 2 bridgehead atoms. The monoisotopic (exact) mass is 465 g/mol. The minimum atomic E-state index is -0.217. The Morgan fingerprint density at radius 3 is 2.64 bits per heavy atom. The van der Waals surface area contributed by atoms with Crippen molar-refractivity contribution < 1.29 is 18.4 Å². The third kappa shape index (κ3) is 5.33. The average Bonchev–Trinajstić information content (AvgIpc) is 3.56. The van der Waals surface area contributed by atoms with Gasteiger partial charge in [-0.2, -0.15) is 0 Å². The van der Waals surface area contributed by atoms with Gasteiger partial charge in [0.2, 0.25) is 0 Å². The second kappa shape index (κ2) is 10.1. The van der Waals surface area contributed by atoms with Crippen LogP contribution in [0.4, 0.5) is 9.80 Å². The van der Waals surface area contributed by atoms with Crippen LogP contribution in [0.3, 0.4) is 0 Å². The second-order valence-electron chi connectivity index (χ2n) is 9.48. The molecule has 5 heterocycles. The van der Waals surface area contributed by atoms with Crippen molar-refractivity contribution in [1.82, 2.24) is 0 Å². The summed E-state index contributed by atoms with van der Waals surface area (Å²) in [6.07, 6.45) is 6.77. The van der Waals surface area contributed by atoms with E-state index in [0.29, 0.717) is 18.9 Å². The van der Waals surface area contributed by atoms with E-state index >= 15 is 0 Å². The van der Waals surface area contributed by atoms with Gasteiger partial charge in [-0.1, -0.05) is 30.3 Å². The van der Waals surface area contributed by atoms with Gasteiger partial charge in [-0.3, -0.25) is 4.90 Å². The van der Waals surface area contributed by atoms with Crippen LogP contribution in [0.5, 0.6) is 0 Å². The van der Waals surface area contributed by atoms with Crippen LogP contribution in [0.15, 0.2) is 70.7 Å². The Balaban J connectivity index is 1.20. The first-order valence-electron chi connectivity index (χ1n) is 12.1. The molecule has 33 heavy (non-hydrogen) atoms. The molecule has 1 aromatic carbocycles. The van der Waals surface area contributed by atoms with Crippen LogP contribution in [-0.4, -0.2) is 49.4 Å². The molecule has 0 radical (unpaired) electrons.